The highest BCUT2D eigenvalue weighted by atomic mass is 19.1. The lowest BCUT2D eigenvalue weighted by Crippen LogP contribution is -2.56. The van der Waals surface area contributed by atoms with E-state index in [2.05, 4.69) is 25.5 Å². The summed E-state index contributed by atoms with van der Waals surface area (Å²) in [6.07, 6.45) is 6.99. The van der Waals surface area contributed by atoms with Gasteiger partial charge >= 0.3 is 0 Å². The van der Waals surface area contributed by atoms with Crippen molar-refractivity contribution in [3.8, 4) is 0 Å². The third-order valence-corrected chi connectivity index (χ3v) is 7.64. The highest BCUT2D eigenvalue weighted by Crippen LogP contribution is 2.29. The average molecular weight is 521 g/mol. The van der Waals surface area contributed by atoms with Gasteiger partial charge in [-0.25, -0.2) is 9.37 Å². The van der Waals surface area contributed by atoms with Crippen molar-refractivity contribution in [2.75, 3.05) is 23.3 Å². The Bertz CT molecular complexity index is 1380. The van der Waals surface area contributed by atoms with E-state index in [4.69, 9.17) is 0 Å². The van der Waals surface area contributed by atoms with Gasteiger partial charge in [-0.15, -0.1) is 0 Å². The second-order valence-corrected chi connectivity index (χ2v) is 9.88. The maximum absolute atomic E-state index is 13.6. The molecule has 0 saturated carbocycles. The van der Waals surface area contributed by atoms with E-state index in [0.717, 1.165) is 5.82 Å². The summed E-state index contributed by atoms with van der Waals surface area (Å²) < 4.78 is 15.2. The first kappa shape index (κ1) is 27.0. The molecule has 0 bridgehead atoms. The van der Waals surface area contributed by atoms with Crippen LogP contribution in [0.15, 0.2) is 36.8 Å². The Morgan fingerprint density at radius 1 is 1.11 bits per heavy atom. The number of carbonyl (C=O) groups is 3. The van der Waals surface area contributed by atoms with Crippen molar-refractivity contribution in [3.05, 3.63) is 70.7 Å². The summed E-state index contributed by atoms with van der Waals surface area (Å²) in [6.45, 7) is 8.35. The summed E-state index contributed by atoms with van der Waals surface area (Å²) >= 11 is 0. The maximum atomic E-state index is 13.6. The molecule has 0 spiro atoms. The van der Waals surface area contributed by atoms with E-state index < -0.39 is 23.1 Å². The molecule has 0 atom stereocenters. The summed E-state index contributed by atoms with van der Waals surface area (Å²) in [5.74, 6) is -1.38. The van der Waals surface area contributed by atoms with Crippen LogP contribution in [-0.4, -0.2) is 50.8 Å². The molecule has 2 amide bonds. The first-order valence-corrected chi connectivity index (χ1v) is 12.7. The number of nitrogens with zero attached hydrogens (tertiary/aromatic N) is 4. The standard InChI is InChI=1S/C28H33FN6O3/c1-6-28(9-13-35(14-10-28)22-16-30-11-12-31-22)33-27(38)25(36)24-18(3)23(19(4)34(24)5)26(37)32-20-7-8-21(29)17(2)15-20/h7-8,11-12,15-16H,6,9-10,13-14H2,1-5H3,(H,32,37)(H,33,38). The van der Waals surface area contributed by atoms with Crippen LogP contribution in [0.3, 0.4) is 0 Å². The Hall–Kier alpha value is -4.08. The fraction of sp³-hybridized carbons (Fsp3) is 0.393. The molecule has 1 fully saturated rings. The molecule has 1 saturated heterocycles. The van der Waals surface area contributed by atoms with Gasteiger partial charge in [-0.3, -0.25) is 19.4 Å². The quantitative estimate of drug-likeness (QED) is 0.362. The van der Waals surface area contributed by atoms with Gasteiger partial charge in [-0.2, -0.15) is 0 Å². The van der Waals surface area contributed by atoms with E-state index in [9.17, 15) is 18.8 Å². The molecule has 200 valence electrons. The van der Waals surface area contributed by atoms with E-state index in [0.29, 0.717) is 60.4 Å². The van der Waals surface area contributed by atoms with Crippen LogP contribution in [0.5, 0.6) is 0 Å². The normalized spacial score (nSPS) is 14.7. The number of carbonyl (C=O) groups excluding carboxylic acids is 3. The molecule has 1 aliphatic heterocycles. The molecule has 0 unspecified atom stereocenters. The molecule has 1 aliphatic rings. The second-order valence-electron chi connectivity index (χ2n) is 9.88. The predicted octanol–water partition coefficient (Wildman–Crippen LogP) is 3.88. The van der Waals surface area contributed by atoms with Gasteiger partial charge < -0.3 is 20.1 Å². The third-order valence-electron chi connectivity index (χ3n) is 7.64. The van der Waals surface area contributed by atoms with Crippen molar-refractivity contribution in [3.63, 3.8) is 0 Å². The van der Waals surface area contributed by atoms with E-state index in [1.165, 1.54) is 12.1 Å². The first-order chi connectivity index (χ1) is 18.1. The van der Waals surface area contributed by atoms with Crippen LogP contribution in [0, 0.1) is 26.6 Å². The van der Waals surface area contributed by atoms with Crippen LogP contribution in [-0.2, 0) is 11.8 Å². The van der Waals surface area contributed by atoms with Crippen LogP contribution < -0.4 is 15.5 Å². The SMILES string of the molecule is CCC1(NC(=O)C(=O)c2c(C)c(C(=O)Nc3ccc(F)c(C)c3)c(C)n2C)CCN(c2cnccn2)CC1. The molecule has 3 aromatic rings. The molecule has 4 rings (SSSR count). The predicted molar refractivity (Wildman–Crippen MR) is 143 cm³/mol. The van der Waals surface area contributed by atoms with Crippen LogP contribution in [0.2, 0.25) is 0 Å². The number of piperidine rings is 1. The molecule has 38 heavy (non-hydrogen) atoms. The Balaban J connectivity index is 1.50. The van der Waals surface area contributed by atoms with Gasteiger partial charge in [0.25, 0.3) is 17.6 Å². The Labute approximate surface area is 221 Å². The smallest absolute Gasteiger partial charge is 0.294 e. The summed E-state index contributed by atoms with van der Waals surface area (Å²) in [6, 6.07) is 4.31. The van der Waals surface area contributed by atoms with Crippen LogP contribution in [0.4, 0.5) is 15.9 Å². The minimum atomic E-state index is -0.690. The number of hydrogen-bond donors (Lipinski definition) is 2. The first-order valence-electron chi connectivity index (χ1n) is 12.7. The average Bonchev–Trinajstić information content (AvgIpc) is 3.14. The highest BCUT2D eigenvalue weighted by molar-refractivity contribution is 6.43. The summed E-state index contributed by atoms with van der Waals surface area (Å²) in [5, 5.41) is 5.79. The zero-order valence-electron chi connectivity index (χ0n) is 22.4. The zero-order chi connectivity index (χ0) is 27.6. The van der Waals surface area contributed by atoms with E-state index in [1.54, 1.807) is 57.0 Å². The number of aromatic nitrogens is 3. The number of Topliss-reactive ketones (excluding diaryl/α,β-unsaturated/α-hetero) is 1. The number of halogens is 1. The third kappa shape index (κ3) is 5.16. The van der Waals surface area contributed by atoms with Crippen molar-refractivity contribution < 1.29 is 18.8 Å². The number of nitrogens with one attached hydrogen (secondary N) is 2. The van der Waals surface area contributed by atoms with Crippen molar-refractivity contribution >= 4 is 29.1 Å². The highest BCUT2D eigenvalue weighted by Gasteiger charge is 2.38. The van der Waals surface area contributed by atoms with Gasteiger partial charge in [-0.1, -0.05) is 6.92 Å². The number of amides is 2. The van der Waals surface area contributed by atoms with E-state index in [1.807, 2.05) is 6.92 Å². The number of anilines is 2. The topological polar surface area (TPSA) is 109 Å². The summed E-state index contributed by atoms with van der Waals surface area (Å²) in [5.41, 5.74) is 1.79. The molecule has 3 heterocycles. The van der Waals surface area contributed by atoms with Gasteiger partial charge in [0.1, 0.15) is 11.6 Å². The van der Waals surface area contributed by atoms with Crippen molar-refractivity contribution in [1.82, 2.24) is 19.9 Å². The summed E-state index contributed by atoms with van der Waals surface area (Å²) in [7, 11) is 1.66. The Morgan fingerprint density at radius 2 is 1.82 bits per heavy atom. The van der Waals surface area contributed by atoms with Crippen LogP contribution in [0.1, 0.15) is 63.9 Å². The lowest BCUT2D eigenvalue weighted by Gasteiger charge is -2.42. The monoisotopic (exact) mass is 520 g/mol. The molecule has 1 aromatic carbocycles. The molecule has 2 aromatic heterocycles. The molecule has 10 heteroatoms. The lowest BCUT2D eigenvalue weighted by molar-refractivity contribution is -0.119. The number of hydrogen-bond acceptors (Lipinski definition) is 6. The van der Waals surface area contributed by atoms with Crippen molar-refractivity contribution in [2.45, 2.75) is 52.5 Å². The van der Waals surface area contributed by atoms with Gasteiger partial charge in [0.05, 0.1) is 17.5 Å². The van der Waals surface area contributed by atoms with Crippen molar-refractivity contribution in [2.24, 2.45) is 7.05 Å². The van der Waals surface area contributed by atoms with Crippen LogP contribution in [0.25, 0.3) is 0 Å². The number of ketones is 1. The fourth-order valence-corrected chi connectivity index (χ4v) is 5.14. The van der Waals surface area contributed by atoms with Gasteiger partial charge in [0.2, 0.25) is 0 Å². The minimum Gasteiger partial charge on any atom is -0.355 e. The van der Waals surface area contributed by atoms with Gasteiger partial charge in [0, 0.05) is 49.5 Å². The molecular formula is C28H33FN6O3. The molecule has 0 aliphatic carbocycles. The number of rotatable bonds is 7. The Kier molecular flexibility index (Phi) is 7.61. The fourth-order valence-electron chi connectivity index (χ4n) is 5.14. The minimum absolute atomic E-state index is 0.170. The lowest BCUT2D eigenvalue weighted by atomic mass is 9.84. The van der Waals surface area contributed by atoms with E-state index in [-0.39, 0.29) is 11.5 Å². The molecule has 9 nitrogen and oxygen atoms in total. The molecule has 0 radical (unpaired) electrons. The van der Waals surface area contributed by atoms with E-state index >= 15 is 0 Å². The van der Waals surface area contributed by atoms with Crippen molar-refractivity contribution in [1.29, 1.82) is 0 Å². The largest absolute Gasteiger partial charge is 0.355 e. The second kappa shape index (κ2) is 10.7. The summed E-state index contributed by atoms with van der Waals surface area (Å²) in [4.78, 5) is 50.4. The zero-order valence-corrected chi connectivity index (χ0v) is 22.4. The van der Waals surface area contributed by atoms with Gasteiger partial charge in [0.15, 0.2) is 0 Å². The Morgan fingerprint density at radius 3 is 2.42 bits per heavy atom. The number of benzene rings is 1. The molecule has 2 N–H and O–H groups in total. The number of aryl methyl sites for hydroxylation is 1. The maximum Gasteiger partial charge on any atom is 0.294 e. The van der Waals surface area contributed by atoms with Gasteiger partial charge in [-0.05, 0) is 69.4 Å². The van der Waals surface area contributed by atoms with Crippen LogP contribution >= 0.6 is 0 Å². The molecular weight excluding hydrogens is 487 g/mol.